The Labute approximate surface area is 164 Å². The summed E-state index contributed by atoms with van der Waals surface area (Å²) in [7, 11) is 2.12. The van der Waals surface area contributed by atoms with Crippen LogP contribution < -0.4 is 5.32 Å². The predicted octanol–water partition coefficient (Wildman–Crippen LogP) is 2.27. The van der Waals surface area contributed by atoms with E-state index in [1.165, 1.54) is 0 Å². The van der Waals surface area contributed by atoms with Gasteiger partial charge in [-0.2, -0.15) is 0 Å². The van der Waals surface area contributed by atoms with Gasteiger partial charge in [-0.15, -0.1) is 0 Å². The smallest absolute Gasteiger partial charge is 0.239 e. The molecule has 7 nitrogen and oxygen atoms in total. The number of anilines is 1. The van der Waals surface area contributed by atoms with Gasteiger partial charge in [0.05, 0.1) is 12.2 Å². The van der Waals surface area contributed by atoms with E-state index in [1.54, 1.807) is 24.8 Å². The van der Waals surface area contributed by atoms with Crippen molar-refractivity contribution < 1.29 is 4.79 Å². The topological polar surface area (TPSA) is 74.2 Å². The minimum absolute atomic E-state index is 0.0297. The molecule has 1 fully saturated rings. The Balaban J connectivity index is 1.47. The number of amides is 1. The maximum Gasteiger partial charge on any atom is 0.239 e. The first-order chi connectivity index (χ1) is 13.7. The molecule has 1 N–H and O–H groups in total. The van der Waals surface area contributed by atoms with Crippen LogP contribution in [0.2, 0.25) is 0 Å². The van der Waals surface area contributed by atoms with Gasteiger partial charge in [0.2, 0.25) is 5.91 Å². The van der Waals surface area contributed by atoms with Gasteiger partial charge in [0.25, 0.3) is 0 Å². The Kier molecular flexibility index (Phi) is 5.55. The molecule has 4 heterocycles. The summed E-state index contributed by atoms with van der Waals surface area (Å²) in [4.78, 5) is 30.0. The van der Waals surface area contributed by atoms with E-state index in [-0.39, 0.29) is 5.91 Å². The first-order valence-electron chi connectivity index (χ1n) is 9.54. The maximum absolute atomic E-state index is 12.5. The van der Waals surface area contributed by atoms with Crippen molar-refractivity contribution in [2.75, 3.05) is 45.1 Å². The highest BCUT2D eigenvalue weighted by atomic mass is 16.2. The number of likely N-dealkylation sites (N-methyl/N-ethyl adjacent to an activating group) is 1. The second kappa shape index (κ2) is 8.41. The van der Waals surface area contributed by atoms with Crippen LogP contribution >= 0.6 is 0 Å². The number of carbonyl (C=O) groups excluding carboxylic acids is 1. The molecule has 0 spiro atoms. The van der Waals surface area contributed by atoms with E-state index in [4.69, 9.17) is 0 Å². The highest BCUT2D eigenvalue weighted by Gasteiger charge is 2.15. The molecule has 1 aliphatic heterocycles. The summed E-state index contributed by atoms with van der Waals surface area (Å²) < 4.78 is 0. The molecule has 0 saturated carbocycles. The Morgan fingerprint density at radius 2 is 1.96 bits per heavy atom. The van der Waals surface area contributed by atoms with E-state index in [1.807, 2.05) is 24.3 Å². The van der Waals surface area contributed by atoms with E-state index in [2.05, 4.69) is 37.1 Å². The van der Waals surface area contributed by atoms with Gasteiger partial charge < -0.3 is 10.2 Å². The van der Waals surface area contributed by atoms with Crippen molar-refractivity contribution in [1.82, 2.24) is 24.8 Å². The number of hydrogen-bond donors (Lipinski definition) is 1. The molecular formula is C21H24N6O. The number of hydrogen-bond acceptors (Lipinski definition) is 6. The van der Waals surface area contributed by atoms with Gasteiger partial charge in [0, 0.05) is 48.8 Å². The Hall–Kier alpha value is -2.90. The molecule has 7 heteroatoms. The molecule has 0 atom stereocenters. The average Bonchev–Trinajstić information content (AvgIpc) is 2.92. The Morgan fingerprint density at radius 1 is 1.07 bits per heavy atom. The fraction of sp³-hybridized carbons (Fsp3) is 0.333. The number of nitrogens with zero attached hydrogens (tertiary/aromatic N) is 5. The molecule has 1 amide bonds. The molecule has 0 aromatic carbocycles. The van der Waals surface area contributed by atoms with Crippen LogP contribution in [0.25, 0.3) is 22.0 Å². The third-order valence-electron chi connectivity index (χ3n) is 5.01. The Morgan fingerprint density at radius 3 is 2.82 bits per heavy atom. The molecule has 0 bridgehead atoms. The van der Waals surface area contributed by atoms with E-state index in [9.17, 15) is 4.79 Å². The lowest BCUT2D eigenvalue weighted by atomic mass is 10.1. The summed E-state index contributed by atoms with van der Waals surface area (Å²) in [6.07, 6.45) is 8.15. The first kappa shape index (κ1) is 18.5. The fourth-order valence-corrected chi connectivity index (χ4v) is 3.42. The molecule has 0 unspecified atom stereocenters. The minimum atomic E-state index is -0.0297. The molecule has 3 aromatic heterocycles. The van der Waals surface area contributed by atoms with Gasteiger partial charge >= 0.3 is 0 Å². The minimum Gasteiger partial charge on any atom is -0.310 e. The third-order valence-corrected chi connectivity index (χ3v) is 5.01. The van der Waals surface area contributed by atoms with Gasteiger partial charge in [0.1, 0.15) is 5.82 Å². The van der Waals surface area contributed by atoms with Crippen molar-refractivity contribution in [2.45, 2.75) is 6.42 Å². The monoisotopic (exact) mass is 376 g/mol. The zero-order chi connectivity index (χ0) is 19.3. The van der Waals surface area contributed by atoms with Gasteiger partial charge in [0.15, 0.2) is 0 Å². The maximum atomic E-state index is 12.5. The molecule has 1 saturated heterocycles. The summed E-state index contributed by atoms with van der Waals surface area (Å²) in [5, 5.41) is 4.85. The van der Waals surface area contributed by atoms with E-state index in [0.717, 1.165) is 54.6 Å². The van der Waals surface area contributed by atoms with Gasteiger partial charge in [-0.25, -0.2) is 4.98 Å². The van der Waals surface area contributed by atoms with Crippen molar-refractivity contribution in [2.24, 2.45) is 0 Å². The molecule has 28 heavy (non-hydrogen) atoms. The zero-order valence-electron chi connectivity index (χ0n) is 16.0. The van der Waals surface area contributed by atoms with E-state index < -0.39 is 0 Å². The highest BCUT2D eigenvalue weighted by Crippen LogP contribution is 2.22. The lowest BCUT2D eigenvalue weighted by Gasteiger charge is -2.19. The second-order valence-electron chi connectivity index (χ2n) is 7.21. The first-order valence-corrected chi connectivity index (χ1v) is 9.54. The van der Waals surface area contributed by atoms with Gasteiger partial charge in [-0.1, -0.05) is 0 Å². The summed E-state index contributed by atoms with van der Waals surface area (Å²) in [6, 6.07) is 7.75. The summed E-state index contributed by atoms with van der Waals surface area (Å²) in [5.74, 6) is 0.533. The standard InChI is InChI=1S/C21H24N6O/c1-26-6-3-7-27(9-8-26)15-21(28)25-20-11-17-10-19(16-4-2-5-22-12-16)23-13-18(17)14-24-20/h2,4-5,10-14H,3,6-9,15H2,1H3,(H,24,25,28). The number of rotatable bonds is 4. The normalized spacial score (nSPS) is 16.0. The van der Waals surface area contributed by atoms with E-state index in [0.29, 0.717) is 12.4 Å². The molecule has 0 aliphatic carbocycles. The van der Waals surface area contributed by atoms with Crippen LogP contribution in [0.1, 0.15) is 6.42 Å². The summed E-state index contributed by atoms with van der Waals surface area (Å²) in [5.41, 5.74) is 1.80. The van der Waals surface area contributed by atoms with Crippen molar-refractivity contribution in [3.63, 3.8) is 0 Å². The third kappa shape index (κ3) is 4.49. The summed E-state index contributed by atoms with van der Waals surface area (Å²) in [6.45, 7) is 4.33. The van der Waals surface area contributed by atoms with Crippen LogP contribution in [0.3, 0.4) is 0 Å². The zero-order valence-corrected chi connectivity index (χ0v) is 16.0. The quantitative estimate of drug-likeness (QED) is 0.753. The number of pyridine rings is 3. The van der Waals surface area contributed by atoms with Crippen LogP contribution in [-0.4, -0.2) is 70.4 Å². The number of nitrogens with one attached hydrogen (secondary N) is 1. The average molecular weight is 376 g/mol. The number of carbonyl (C=O) groups is 1. The van der Waals surface area contributed by atoms with Crippen molar-refractivity contribution in [3.05, 3.63) is 49.1 Å². The van der Waals surface area contributed by atoms with Crippen molar-refractivity contribution >= 4 is 22.5 Å². The lowest BCUT2D eigenvalue weighted by molar-refractivity contribution is -0.117. The fourth-order valence-electron chi connectivity index (χ4n) is 3.42. The number of fused-ring (bicyclic) bond motifs is 1. The van der Waals surface area contributed by atoms with Gasteiger partial charge in [-0.05, 0) is 56.2 Å². The second-order valence-corrected chi connectivity index (χ2v) is 7.21. The highest BCUT2D eigenvalue weighted by molar-refractivity contribution is 5.94. The van der Waals surface area contributed by atoms with Gasteiger partial charge in [-0.3, -0.25) is 19.7 Å². The molecule has 1 aliphatic rings. The van der Waals surface area contributed by atoms with Crippen molar-refractivity contribution in [1.29, 1.82) is 0 Å². The Bertz CT molecular complexity index is 962. The molecular weight excluding hydrogens is 352 g/mol. The van der Waals surface area contributed by atoms with Crippen molar-refractivity contribution in [3.8, 4) is 11.3 Å². The number of aromatic nitrogens is 3. The molecule has 3 aromatic rings. The summed E-state index contributed by atoms with van der Waals surface area (Å²) >= 11 is 0. The van der Waals surface area contributed by atoms with Crippen LogP contribution in [0.5, 0.6) is 0 Å². The SMILES string of the molecule is CN1CCCN(CC(=O)Nc2cc3cc(-c4cccnc4)ncc3cn2)CC1. The van der Waals surface area contributed by atoms with Crippen LogP contribution in [-0.2, 0) is 4.79 Å². The van der Waals surface area contributed by atoms with Crippen LogP contribution in [0, 0.1) is 0 Å². The van der Waals surface area contributed by atoms with E-state index >= 15 is 0 Å². The largest absolute Gasteiger partial charge is 0.310 e. The predicted molar refractivity (Wildman–Crippen MR) is 110 cm³/mol. The molecule has 144 valence electrons. The molecule has 4 rings (SSSR count). The van der Waals surface area contributed by atoms with Crippen LogP contribution in [0.15, 0.2) is 49.1 Å². The molecule has 0 radical (unpaired) electrons. The lowest BCUT2D eigenvalue weighted by Crippen LogP contribution is -2.36. The van der Waals surface area contributed by atoms with Crippen LogP contribution in [0.4, 0.5) is 5.82 Å².